The number of benzene rings is 1. The summed E-state index contributed by atoms with van der Waals surface area (Å²) in [5.74, 6) is 0. The number of likely N-dealkylation sites (N-methyl/N-ethyl adjacent to an activating group) is 1. The van der Waals surface area contributed by atoms with Gasteiger partial charge in [0.05, 0.1) is 5.52 Å². The van der Waals surface area contributed by atoms with Crippen LogP contribution < -0.4 is 5.32 Å². The molecule has 0 spiro atoms. The molecule has 0 amide bonds. The van der Waals surface area contributed by atoms with E-state index >= 15 is 0 Å². The zero-order valence-corrected chi connectivity index (χ0v) is 12.3. The van der Waals surface area contributed by atoms with E-state index in [-0.39, 0.29) is 0 Å². The molecular weight excluding hydrogens is 276 g/mol. The molecule has 17 heavy (non-hydrogen) atoms. The van der Waals surface area contributed by atoms with E-state index in [4.69, 9.17) is 0 Å². The molecule has 2 aromatic rings. The molecule has 0 aliphatic heterocycles. The number of hydrogen-bond donors (Lipinski definition) is 1. The fourth-order valence-electron chi connectivity index (χ4n) is 2.41. The van der Waals surface area contributed by atoms with E-state index in [9.17, 15) is 0 Å². The van der Waals surface area contributed by atoms with Gasteiger partial charge in [0.15, 0.2) is 0 Å². The molecular formula is C14H19BrN2. The number of nitrogens with zero attached hydrogens (tertiary/aromatic N) is 1. The molecule has 0 saturated carbocycles. The van der Waals surface area contributed by atoms with E-state index in [1.54, 1.807) is 0 Å². The molecule has 2 rings (SSSR count). The molecule has 0 atom stereocenters. The van der Waals surface area contributed by atoms with Crippen molar-refractivity contribution in [2.24, 2.45) is 7.05 Å². The van der Waals surface area contributed by atoms with E-state index in [1.807, 2.05) is 7.05 Å². The first-order valence-corrected chi connectivity index (χ1v) is 6.89. The molecule has 0 saturated heterocycles. The van der Waals surface area contributed by atoms with Gasteiger partial charge >= 0.3 is 0 Å². The lowest BCUT2D eigenvalue weighted by Crippen LogP contribution is -2.12. The number of fused-ring (bicyclic) bond motifs is 1. The van der Waals surface area contributed by atoms with Crippen molar-refractivity contribution < 1.29 is 0 Å². The van der Waals surface area contributed by atoms with Crippen LogP contribution in [0.5, 0.6) is 0 Å². The Bertz CT molecular complexity index is 528. The number of halogens is 1. The second-order valence-corrected chi connectivity index (χ2v) is 5.13. The minimum absolute atomic E-state index is 1.00. The summed E-state index contributed by atoms with van der Waals surface area (Å²) in [6.07, 6.45) is 2.12. The second-order valence-electron chi connectivity index (χ2n) is 4.34. The molecule has 92 valence electrons. The van der Waals surface area contributed by atoms with Gasteiger partial charge in [0.25, 0.3) is 0 Å². The van der Waals surface area contributed by atoms with Crippen molar-refractivity contribution in [3.05, 3.63) is 33.9 Å². The minimum atomic E-state index is 1.00. The fourth-order valence-corrected chi connectivity index (χ4v) is 3.19. The highest BCUT2D eigenvalue weighted by Crippen LogP contribution is 2.32. The lowest BCUT2D eigenvalue weighted by Gasteiger charge is -2.06. The minimum Gasteiger partial charge on any atom is -0.346 e. The van der Waals surface area contributed by atoms with E-state index in [2.05, 4.69) is 58.0 Å². The van der Waals surface area contributed by atoms with Crippen LogP contribution in [0.4, 0.5) is 0 Å². The zero-order chi connectivity index (χ0) is 12.4. The maximum atomic E-state index is 3.75. The molecule has 1 aromatic heterocycles. The monoisotopic (exact) mass is 294 g/mol. The van der Waals surface area contributed by atoms with E-state index < -0.39 is 0 Å². The highest BCUT2D eigenvalue weighted by atomic mass is 79.9. The standard InChI is InChI=1S/C14H19BrN2/c1-4-10-6-5-7-11-13(15)12(8-9-16-2)17(3)14(10)11/h5-7,16H,4,8-9H2,1-3H3. The van der Waals surface area contributed by atoms with Gasteiger partial charge in [-0.1, -0.05) is 25.1 Å². The Morgan fingerprint density at radius 2 is 2.12 bits per heavy atom. The fraction of sp³-hybridized carbons (Fsp3) is 0.429. The van der Waals surface area contributed by atoms with Crippen LogP contribution in [-0.4, -0.2) is 18.2 Å². The summed E-state index contributed by atoms with van der Waals surface area (Å²) < 4.78 is 3.58. The van der Waals surface area contributed by atoms with Gasteiger partial charge in [0, 0.05) is 35.6 Å². The summed E-state index contributed by atoms with van der Waals surface area (Å²) in [5.41, 5.74) is 4.16. The number of aromatic nitrogens is 1. The molecule has 0 bridgehead atoms. The SMILES string of the molecule is CCc1cccc2c(Br)c(CCNC)n(C)c12. The number of hydrogen-bond acceptors (Lipinski definition) is 1. The zero-order valence-electron chi connectivity index (χ0n) is 10.7. The lowest BCUT2D eigenvalue weighted by molar-refractivity contribution is 0.742. The maximum absolute atomic E-state index is 3.75. The normalized spacial score (nSPS) is 11.3. The quantitative estimate of drug-likeness (QED) is 0.916. The van der Waals surface area contributed by atoms with Gasteiger partial charge in [0.1, 0.15) is 0 Å². The predicted octanol–water partition coefficient (Wildman–Crippen LogP) is 3.27. The van der Waals surface area contributed by atoms with Crippen molar-refractivity contribution in [3.63, 3.8) is 0 Å². The van der Waals surface area contributed by atoms with Gasteiger partial charge < -0.3 is 9.88 Å². The molecule has 1 aromatic carbocycles. The van der Waals surface area contributed by atoms with E-state index in [0.29, 0.717) is 0 Å². The van der Waals surface area contributed by atoms with Gasteiger partial charge in [-0.2, -0.15) is 0 Å². The number of nitrogens with one attached hydrogen (secondary N) is 1. The predicted molar refractivity (Wildman–Crippen MR) is 77.6 cm³/mol. The van der Waals surface area contributed by atoms with Crippen LogP contribution in [0.25, 0.3) is 10.9 Å². The van der Waals surface area contributed by atoms with Gasteiger partial charge in [-0.05, 0) is 35.0 Å². The molecule has 1 heterocycles. The molecule has 0 radical (unpaired) electrons. The van der Waals surface area contributed by atoms with Crippen LogP contribution in [0, 0.1) is 0 Å². The molecule has 3 heteroatoms. The van der Waals surface area contributed by atoms with Crippen molar-refractivity contribution in [2.45, 2.75) is 19.8 Å². The maximum Gasteiger partial charge on any atom is 0.0524 e. The Balaban J connectivity index is 2.63. The Morgan fingerprint density at radius 3 is 2.76 bits per heavy atom. The smallest absolute Gasteiger partial charge is 0.0524 e. The molecule has 1 N–H and O–H groups in total. The Labute approximate surface area is 111 Å². The molecule has 0 aliphatic carbocycles. The topological polar surface area (TPSA) is 17.0 Å². The summed E-state index contributed by atoms with van der Waals surface area (Å²) in [6, 6.07) is 6.56. The Morgan fingerprint density at radius 1 is 1.35 bits per heavy atom. The first-order valence-electron chi connectivity index (χ1n) is 6.10. The summed E-state index contributed by atoms with van der Waals surface area (Å²) >= 11 is 3.75. The van der Waals surface area contributed by atoms with Crippen LogP contribution in [0.15, 0.2) is 22.7 Å². The third kappa shape index (κ3) is 2.14. The summed E-state index contributed by atoms with van der Waals surface area (Å²) in [6.45, 7) is 3.22. The van der Waals surface area contributed by atoms with Crippen LogP contribution in [0.2, 0.25) is 0 Å². The number of rotatable bonds is 4. The summed E-state index contributed by atoms with van der Waals surface area (Å²) in [7, 11) is 4.16. The molecule has 0 aliphatic rings. The number of aryl methyl sites for hydroxylation is 2. The average molecular weight is 295 g/mol. The average Bonchev–Trinajstić information content (AvgIpc) is 2.60. The summed E-state index contributed by atoms with van der Waals surface area (Å²) in [5, 5.41) is 4.54. The molecule has 2 nitrogen and oxygen atoms in total. The van der Waals surface area contributed by atoms with Crippen molar-refractivity contribution in [2.75, 3.05) is 13.6 Å². The first-order chi connectivity index (χ1) is 8.20. The van der Waals surface area contributed by atoms with Crippen LogP contribution in [0.1, 0.15) is 18.2 Å². The van der Waals surface area contributed by atoms with Crippen LogP contribution >= 0.6 is 15.9 Å². The van der Waals surface area contributed by atoms with Crippen molar-refractivity contribution in [1.82, 2.24) is 9.88 Å². The first kappa shape index (κ1) is 12.7. The van der Waals surface area contributed by atoms with Gasteiger partial charge in [0.2, 0.25) is 0 Å². The van der Waals surface area contributed by atoms with Crippen LogP contribution in [0.3, 0.4) is 0 Å². The van der Waals surface area contributed by atoms with E-state index in [1.165, 1.54) is 26.6 Å². The third-order valence-corrected chi connectivity index (χ3v) is 4.23. The summed E-state index contributed by atoms with van der Waals surface area (Å²) in [4.78, 5) is 0. The lowest BCUT2D eigenvalue weighted by atomic mass is 10.1. The second kappa shape index (κ2) is 5.23. The Hall–Kier alpha value is -0.800. The Kier molecular flexibility index (Phi) is 3.89. The van der Waals surface area contributed by atoms with Gasteiger partial charge in [-0.15, -0.1) is 0 Å². The highest BCUT2D eigenvalue weighted by Gasteiger charge is 2.14. The number of para-hydroxylation sites is 1. The van der Waals surface area contributed by atoms with Gasteiger partial charge in [-0.3, -0.25) is 0 Å². The van der Waals surface area contributed by atoms with Crippen molar-refractivity contribution >= 4 is 26.8 Å². The van der Waals surface area contributed by atoms with Crippen molar-refractivity contribution in [3.8, 4) is 0 Å². The largest absolute Gasteiger partial charge is 0.346 e. The van der Waals surface area contributed by atoms with Gasteiger partial charge in [-0.25, -0.2) is 0 Å². The third-order valence-electron chi connectivity index (χ3n) is 3.34. The molecule has 0 fully saturated rings. The van der Waals surface area contributed by atoms with E-state index in [0.717, 1.165) is 19.4 Å². The van der Waals surface area contributed by atoms with Crippen LogP contribution in [-0.2, 0) is 19.9 Å². The highest BCUT2D eigenvalue weighted by molar-refractivity contribution is 9.10. The molecule has 0 unspecified atom stereocenters. The van der Waals surface area contributed by atoms with Crippen molar-refractivity contribution in [1.29, 1.82) is 0 Å².